The van der Waals surface area contributed by atoms with Crippen LogP contribution in [0.5, 0.6) is 5.75 Å². The van der Waals surface area contributed by atoms with Gasteiger partial charge in [0.1, 0.15) is 12.0 Å². The number of aryl methyl sites for hydroxylation is 2. The Morgan fingerprint density at radius 2 is 2.06 bits per heavy atom. The van der Waals surface area contributed by atoms with Gasteiger partial charge >= 0.3 is 6.36 Å². The summed E-state index contributed by atoms with van der Waals surface area (Å²) in [7, 11) is 0. The monoisotopic (exact) mass is 454 g/mol. The summed E-state index contributed by atoms with van der Waals surface area (Å²) < 4.78 is 44.1. The van der Waals surface area contributed by atoms with Gasteiger partial charge in [-0.15, -0.1) is 13.2 Å². The van der Waals surface area contributed by atoms with Crippen LogP contribution in [-0.2, 0) is 29.6 Å². The van der Waals surface area contributed by atoms with E-state index in [1.54, 1.807) is 24.7 Å². The number of aldehydes is 1. The number of halogens is 3. The van der Waals surface area contributed by atoms with Crippen LogP contribution in [0.25, 0.3) is 6.08 Å². The minimum Gasteiger partial charge on any atom is -0.406 e. The van der Waals surface area contributed by atoms with Gasteiger partial charge in [0.05, 0.1) is 11.7 Å². The molecular weight excluding hydrogens is 429 g/mol. The van der Waals surface area contributed by atoms with E-state index >= 15 is 0 Å². The number of hydrogen-bond donors (Lipinski definition) is 0. The molecule has 0 bridgehead atoms. The number of benzene rings is 2. The maximum Gasteiger partial charge on any atom is 0.573 e. The number of nitrogens with zero attached hydrogens (tertiary/aromatic N) is 2. The molecule has 1 atom stereocenters. The average Bonchev–Trinajstić information content (AvgIpc) is 3.27. The van der Waals surface area contributed by atoms with Gasteiger partial charge in [0.25, 0.3) is 0 Å². The summed E-state index contributed by atoms with van der Waals surface area (Å²) >= 11 is 0. The number of hydrogen-bond acceptors (Lipinski definition) is 3. The highest BCUT2D eigenvalue weighted by Crippen LogP contribution is 2.38. The first kappa shape index (κ1) is 22.8. The zero-order chi connectivity index (χ0) is 23.5. The quantitative estimate of drug-likeness (QED) is 0.400. The summed E-state index contributed by atoms with van der Waals surface area (Å²) in [5.41, 5.74) is 4.11. The second kappa shape index (κ2) is 9.25. The van der Waals surface area contributed by atoms with E-state index in [-0.39, 0.29) is 5.75 Å². The van der Waals surface area contributed by atoms with Crippen molar-refractivity contribution in [1.82, 2.24) is 9.55 Å². The van der Waals surface area contributed by atoms with Crippen LogP contribution in [0.3, 0.4) is 0 Å². The molecule has 0 N–H and O–H groups in total. The Balaban J connectivity index is 1.65. The van der Waals surface area contributed by atoms with E-state index in [1.165, 1.54) is 12.1 Å². The highest BCUT2D eigenvalue weighted by atomic mass is 19.4. The molecular formula is C26H25F3N2O2. The van der Waals surface area contributed by atoms with Gasteiger partial charge in [-0.1, -0.05) is 36.4 Å². The number of carbonyl (C=O) groups is 1. The normalized spacial score (nSPS) is 17.6. The van der Waals surface area contributed by atoms with Crippen molar-refractivity contribution in [3.63, 3.8) is 0 Å². The summed E-state index contributed by atoms with van der Waals surface area (Å²) in [6.45, 7) is 2.76. The van der Waals surface area contributed by atoms with E-state index in [9.17, 15) is 18.0 Å². The molecule has 0 saturated heterocycles. The zero-order valence-corrected chi connectivity index (χ0v) is 18.3. The van der Waals surface area contributed by atoms with E-state index in [0.717, 1.165) is 47.9 Å². The topological polar surface area (TPSA) is 44.1 Å². The molecule has 1 aliphatic carbocycles. The summed E-state index contributed by atoms with van der Waals surface area (Å²) in [6.07, 6.45) is 8.48. The van der Waals surface area contributed by atoms with Gasteiger partial charge in [0.15, 0.2) is 0 Å². The number of allylic oxidation sites excluding steroid dienone is 1. The zero-order valence-electron chi connectivity index (χ0n) is 18.3. The summed E-state index contributed by atoms with van der Waals surface area (Å²) in [5.74, 6) is -0.237. The number of imidazole rings is 1. The average molecular weight is 454 g/mol. The fourth-order valence-electron chi connectivity index (χ4n) is 4.34. The SMILES string of the molecule is CC1(C=O)CC=Cc2c(Cc3cccc(OC(F)(F)F)c3)cc(CCCn3ccnc3)cc21. The molecule has 0 spiro atoms. The van der Waals surface area contributed by atoms with Crippen molar-refractivity contribution in [1.29, 1.82) is 0 Å². The highest BCUT2D eigenvalue weighted by Gasteiger charge is 2.32. The first-order chi connectivity index (χ1) is 15.8. The number of rotatable bonds is 8. The van der Waals surface area contributed by atoms with Gasteiger partial charge in [-0.2, -0.15) is 0 Å². The second-order valence-corrected chi connectivity index (χ2v) is 8.63. The van der Waals surface area contributed by atoms with E-state index in [2.05, 4.69) is 21.9 Å². The molecule has 1 unspecified atom stereocenters. The minimum atomic E-state index is -4.73. The molecule has 0 aliphatic heterocycles. The highest BCUT2D eigenvalue weighted by molar-refractivity contribution is 5.77. The predicted octanol–water partition coefficient (Wildman–Crippen LogP) is 5.88. The first-order valence-corrected chi connectivity index (χ1v) is 10.9. The van der Waals surface area contributed by atoms with Crippen molar-refractivity contribution >= 4 is 12.4 Å². The summed E-state index contributed by atoms with van der Waals surface area (Å²) in [4.78, 5) is 16.1. The third-order valence-corrected chi connectivity index (χ3v) is 5.99. The Labute approximate surface area is 190 Å². The molecule has 0 fully saturated rings. The fraction of sp³-hybridized carbons (Fsp3) is 0.308. The van der Waals surface area contributed by atoms with Crippen molar-refractivity contribution in [2.75, 3.05) is 0 Å². The molecule has 172 valence electrons. The van der Waals surface area contributed by atoms with Gasteiger partial charge < -0.3 is 14.1 Å². The van der Waals surface area contributed by atoms with Crippen LogP contribution in [0.15, 0.2) is 61.2 Å². The van der Waals surface area contributed by atoms with Crippen LogP contribution < -0.4 is 4.74 Å². The van der Waals surface area contributed by atoms with Crippen molar-refractivity contribution < 1.29 is 22.7 Å². The van der Waals surface area contributed by atoms with Gasteiger partial charge in [-0.3, -0.25) is 0 Å². The van der Waals surface area contributed by atoms with E-state index in [0.29, 0.717) is 18.4 Å². The number of aromatic nitrogens is 2. The Kier molecular flexibility index (Phi) is 6.40. The van der Waals surface area contributed by atoms with Crippen LogP contribution in [0.4, 0.5) is 13.2 Å². The van der Waals surface area contributed by atoms with Crippen molar-refractivity contribution in [3.05, 3.63) is 89.0 Å². The lowest BCUT2D eigenvalue weighted by Gasteiger charge is -2.30. The van der Waals surface area contributed by atoms with Gasteiger partial charge in [0, 0.05) is 18.9 Å². The smallest absolute Gasteiger partial charge is 0.406 e. The molecule has 1 aromatic heterocycles. The Morgan fingerprint density at radius 3 is 2.79 bits per heavy atom. The second-order valence-electron chi connectivity index (χ2n) is 8.63. The van der Waals surface area contributed by atoms with Crippen molar-refractivity contribution in [2.45, 2.75) is 50.9 Å². The molecule has 4 nitrogen and oxygen atoms in total. The Morgan fingerprint density at radius 1 is 1.21 bits per heavy atom. The Bertz CT molecular complexity index is 1150. The van der Waals surface area contributed by atoms with Crippen LogP contribution >= 0.6 is 0 Å². The molecule has 0 saturated carbocycles. The minimum absolute atomic E-state index is 0.237. The third-order valence-electron chi connectivity index (χ3n) is 5.99. The van der Waals surface area contributed by atoms with Crippen molar-refractivity contribution in [2.24, 2.45) is 0 Å². The largest absolute Gasteiger partial charge is 0.573 e. The lowest BCUT2D eigenvalue weighted by Crippen LogP contribution is -2.27. The predicted molar refractivity (Wildman–Crippen MR) is 120 cm³/mol. The van der Waals surface area contributed by atoms with Gasteiger partial charge in [-0.25, -0.2) is 4.98 Å². The maximum atomic E-state index is 12.7. The molecule has 1 aliphatic rings. The fourth-order valence-corrected chi connectivity index (χ4v) is 4.34. The van der Waals surface area contributed by atoms with Crippen LogP contribution in [0, 0.1) is 0 Å². The standard InChI is InChI=1S/C26H25F3N2O2/c1-25(17-32)9-3-8-23-21(13-19-5-2-7-22(15-19)33-26(27,28)29)14-20(16-24(23)25)6-4-11-31-12-10-30-18-31/h2-3,5,7-8,10,12,14-18H,4,6,9,11,13H2,1H3. The first-order valence-electron chi connectivity index (χ1n) is 10.9. The summed E-state index contributed by atoms with van der Waals surface area (Å²) in [5, 5.41) is 0. The molecule has 0 radical (unpaired) electrons. The van der Waals surface area contributed by atoms with E-state index < -0.39 is 11.8 Å². The molecule has 4 rings (SSSR count). The number of fused-ring (bicyclic) bond motifs is 1. The van der Waals surface area contributed by atoms with E-state index in [1.807, 2.05) is 29.8 Å². The van der Waals surface area contributed by atoms with Gasteiger partial charge in [-0.05, 0) is 72.6 Å². The van der Waals surface area contributed by atoms with Gasteiger partial charge in [0.2, 0.25) is 0 Å². The number of carbonyl (C=O) groups excluding carboxylic acids is 1. The molecule has 0 amide bonds. The summed E-state index contributed by atoms with van der Waals surface area (Å²) in [6, 6.07) is 10.3. The number of alkyl halides is 3. The molecule has 3 aromatic rings. The van der Waals surface area contributed by atoms with Crippen molar-refractivity contribution in [3.8, 4) is 5.75 Å². The molecule has 1 heterocycles. The molecule has 2 aromatic carbocycles. The number of ether oxygens (including phenoxy) is 1. The van der Waals surface area contributed by atoms with E-state index in [4.69, 9.17) is 0 Å². The van der Waals surface area contributed by atoms with Crippen LogP contribution in [0.2, 0.25) is 0 Å². The lowest BCUT2D eigenvalue weighted by molar-refractivity contribution is -0.274. The van der Waals surface area contributed by atoms with Crippen LogP contribution in [-0.4, -0.2) is 22.2 Å². The molecule has 7 heteroatoms. The Hall–Kier alpha value is -3.35. The maximum absolute atomic E-state index is 12.7. The molecule has 33 heavy (non-hydrogen) atoms. The third kappa shape index (κ3) is 5.53. The lowest BCUT2D eigenvalue weighted by atomic mass is 9.73. The van der Waals surface area contributed by atoms with Crippen LogP contribution in [0.1, 0.15) is 47.6 Å².